The number of rotatable bonds is 5. The molecule has 2 aliphatic rings. The second-order valence-corrected chi connectivity index (χ2v) is 6.52. The number of piperazine rings is 1. The van der Waals surface area contributed by atoms with Gasteiger partial charge in [0.2, 0.25) is 5.89 Å². The zero-order valence-corrected chi connectivity index (χ0v) is 14.0. The van der Waals surface area contributed by atoms with Crippen LogP contribution < -0.4 is 9.64 Å². The summed E-state index contributed by atoms with van der Waals surface area (Å²) in [4.78, 5) is 13.5. The molecule has 0 N–H and O–H groups in total. The van der Waals surface area contributed by atoms with E-state index in [1.807, 2.05) is 12.3 Å². The fourth-order valence-electron chi connectivity index (χ4n) is 3.21. The van der Waals surface area contributed by atoms with Gasteiger partial charge in [-0.15, -0.1) is 0 Å². The van der Waals surface area contributed by atoms with Crippen LogP contribution in [0.1, 0.15) is 36.9 Å². The van der Waals surface area contributed by atoms with E-state index in [4.69, 9.17) is 9.26 Å². The number of hydrogen-bond donors (Lipinski definition) is 0. The summed E-state index contributed by atoms with van der Waals surface area (Å²) in [6, 6.07) is 2.03. The third-order valence-electron chi connectivity index (χ3n) is 4.98. The second kappa shape index (κ2) is 6.76. The predicted molar refractivity (Wildman–Crippen MR) is 89.2 cm³/mol. The van der Waals surface area contributed by atoms with Gasteiger partial charge in [-0.3, -0.25) is 9.88 Å². The lowest BCUT2D eigenvalue weighted by Gasteiger charge is -2.35. The Morgan fingerprint density at radius 3 is 2.75 bits per heavy atom. The van der Waals surface area contributed by atoms with Crippen molar-refractivity contribution in [2.75, 3.05) is 38.2 Å². The van der Waals surface area contributed by atoms with Crippen LogP contribution in [0.3, 0.4) is 0 Å². The number of ether oxygens (including phenoxy) is 1. The molecule has 3 heterocycles. The van der Waals surface area contributed by atoms with Crippen LogP contribution in [0.5, 0.6) is 5.75 Å². The average molecular weight is 329 g/mol. The molecule has 2 fully saturated rings. The van der Waals surface area contributed by atoms with Crippen LogP contribution in [0.25, 0.3) is 0 Å². The van der Waals surface area contributed by atoms with E-state index < -0.39 is 0 Å². The summed E-state index contributed by atoms with van der Waals surface area (Å²) in [5, 5.41) is 4.14. The Morgan fingerprint density at radius 2 is 2.04 bits per heavy atom. The Morgan fingerprint density at radius 1 is 1.21 bits per heavy atom. The number of nitrogens with zero attached hydrogens (tertiary/aromatic N) is 5. The van der Waals surface area contributed by atoms with Crippen molar-refractivity contribution in [2.45, 2.75) is 31.7 Å². The minimum atomic E-state index is 0.528. The quantitative estimate of drug-likeness (QED) is 0.831. The van der Waals surface area contributed by atoms with Gasteiger partial charge < -0.3 is 14.2 Å². The first-order chi connectivity index (χ1) is 11.8. The maximum atomic E-state index is 5.42. The fraction of sp³-hybridized carbons (Fsp3) is 0.588. The lowest BCUT2D eigenvalue weighted by Crippen LogP contribution is -2.46. The van der Waals surface area contributed by atoms with Gasteiger partial charge in [0.05, 0.1) is 31.7 Å². The molecule has 7 nitrogen and oxygen atoms in total. The maximum absolute atomic E-state index is 5.42. The van der Waals surface area contributed by atoms with Crippen molar-refractivity contribution in [1.29, 1.82) is 0 Å². The molecule has 0 aromatic carbocycles. The molecule has 7 heteroatoms. The predicted octanol–water partition coefficient (Wildman–Crippen LogP) is 2.06. The Bertz CT molecular complexity index is 677. The van der Waals surface area contributed by atoms with Crippen molar-refractivity contribution in [2.24, 2.45) is 0 Å². The molecule has 1 aliphatic carbocycles. The van der Waals surface area contributed by atoms with Gasteiger partial charge in [-0.25, -0.2) is 0 Å². The number of methoxy groups -OCH3 is 1. The van der Waals surface area contributed by atoms with E-state index in [0.717, 1.165) is 55.9 Å². The first-order valence-corrected chi connectivity index (χ1v) is 8.60. The lowest BCUT2D eigenvalue weighted by molar-refractivity contribution is 0.215. The highest BCUT2D eigenvalue weighted by atomic mass is 16.5. The van der Waals surface area contributed by atoms with Crippen LogP contribution in [-0.4, -0.2) is 53.3 Å². The van der Waals surface area contributed by atoms with Crippen LogP contribution in [-0.2, 0) is 6.54 Å². The molecule has 2 aromatic rings. The summed E-state index contributed by atoms with van der Waals surface area (Å²) in [7, 11) is 1.67. The topological polar surface area (TPSA) is 67.5 Å². The zero-order valence-electron chi connectivity index (χ0n) is 14.0. The molecule has 1 saturated heterocycles. The third kappa shape index (κ3) is 3.21. The van der Waals surface area contributed by atoms with Crippen LogP contribution in [0, 0.1) is 0 Å². The summed E-state index contributed by atoms with van der Waals surface area (Å²) < 4.78 is 10.7. The van der Waals surface area contributed by atoms with E-state index in [-0.39, 0.29) is 0 Å². The molecule has 0 amide bonds. The molecule has 4 rings (SSSR count). The third-order valence-corrected chi connectivity index (χ3v) is 4.98. The van der Waals surface area contributed by atoms with Crippen molar-refractivity contribution < 1.29 is 9.26 Å². The molecule has 0 unspecified atom stereocenters. The van der Waals surface area contributed by atoms with Gasteiger partial charge in [0, 0.05) is 38.2 Å². The van der Waals surface area contributed by atoms with Crippen LogP contribution in [0.15, 0.2) is 23.0 Å². The van der Waals surface area contributed by atoms with E-state index in [1.54, 1.807) is 13.3 Å². The standard InChI is InChI=1S/C17H23N5O2/c1-23-15-9-14(10-18-11-15)22-7-5-21(6-8-22)12-16-19-17(20-24-16)13-3-2-4-13/h9-11,13H,2-8,12H2,1H3. The first-order valence-electron chi connectivity index (χ1n) is 8.60. The van der Waals surface area contributed by atoms with E-state index in [1.165, 1.54) is 19.3 Å². The van der Waals surface area contributed by atoms with E-state index in [0.29, 0.717) is 5.92 Å². The van der Waals surface area contributed by atoms with Gasteiger partial charge in [-0.05, 0) is 12.8 Å². The lowest BCUT2D eigenvalue weighted by atomic mass is 9.85. The zero-order chi connectivity index (χ0) is 16.4. The Hall–Kier alpha value is -2.15. The highest BCUT2D eigenvalue weighted by Gasteiger charge is 2.25. The van der Waals surface area contributed by atoms with Gasteiger partial charge in [0.15, 0.2) is 5.82 Å². The summed E-state index contributed by atoms with van der Waals surface area (Å²) in [5.74, 6) is 2.97. The monoisotopic (exact) mass is 329 g/mol. The molecule has 24 heavy (non-hydrogen) atoms. The summed E-state index contributed by atoms with van der Waals surface area (Å²) in [5.41, 5.74) is 1.11. The minimum Gasteiger partial charge on any atom is -0.495 e. The first kappa shape index (κ1) is 15.4. The Labute approximate surface area is 141 Å². The smallest absolute Gasteiger partial charge is 0.240 e. The molecule has 2 aromatic heterocycles. The Kier molecular flexibility index (Phi) is 4.34. The van der Waals surface area contributed by atoms with Crippen molar-refractivity contribution >= 4 is 5.69 Å². The van der Waals surface area contributed by atoms with E-state index >= 15 is 0 Å². The van der Waals surface area contributed by atoms with Gasteiger partial charge in [0.1, 0.15) is 5.75 Å². The van der Waals surface area contributed by atoms with Crippen molar-refractivity contribution in [3.8, 4) is 5.75 Å². The Balaban J connectivity index is 1.31. The number of hydrogen-bond acceptors (Lipinski definition) is 7. The normalized spacial score (nSPS) is 19.3. The van der Waals surface area contributed by atoms with Gasteiger partial charge in [0.25, 0.3) is 0 Å². The molecular formula is C17H23N5O2. The van der Waals surface area contributed by atoms with Gasteiger partial charge in [-0.1, -0.05) is 11.6 Å². The highest BCUT2D eigenvalue weighted by Crippen LogP contribution is 2.34. The minimum absolute atomic E-state index is 0.528. The molecule has 1 saturated carbocycles. The summed E-state index contributed by atoms with van der Waals surface area (Å²) >= 11 is 0. The fourth-order valence-corrected chi connectivity index (χ4v) is 3.21. The maximum Gasteiger partial charge on any atom is 0.240 e. The molecule has 128 valence electrons. The van der Waals surface area contributed by atoms with Crippen LogP contribution in [0.4, 0.5) is 5.69 Å². The molecule has 0 spiro atoms. The largest absolute Gasteiger partial charge is 0.495 e. The molecule has 0 atom stereocenters. The SMILES string of the molecule is COc1cncc(N2CCN(Cc3nc(C4CCC4)no3)CC2)c1. The highest BCUT2D eigenvalue weighted by molar-refractivity contribution is 5.48. The van der Waals surface area contributed by atoms with Gasteiger partial charge in [-0.2, -0.15) is 4.98 Å². The summed E-state index contributed by atoms with van der Waals surface area (Å²) in [6.07, 6.45) is 7.31. The second-order valence-electron chi connectivity index (χ2n) is 6.52. The van der Waals surface area contributed by atoms with Crippen molar-refractivity contribution in [1.82, 2.24) is 20.0 Å². The van der Waals surface area contributed by atoms with E-state index in [2.05, 4.69) is 24.9 Å². The molecule has 0 radical (unpaired) electrons. The van der Waals surface area contributed by atoms with E-state index in [9.17, 15) is 0 Å². The molecular weight excluding hydrogens is 306 g/mol. The number of aromatic nitrogens is 3. The number of anilines is 1. The van der Waals surface area contributed by atoms with Crippen molar-refractivity contribution in [3.05, 3.63) is 30.2 Å². The average Bonchev–Trinajstić information content (AvgIpc) is 3.02. The number of pyridine rings is 1. The molecule has 0 bridgehead atoms. The van der Waals surface area contributed by atoms with Crippen LogP contribution in [0.2, 0.25) is 0 Å². The molecule has 1 aliphatic heterocycles. The van der Waals surface area contributed by atoms with Gasteiger partial charge >= 0.3 is 0 Å². The van der Waals surface area contributed by atoms with Crippen LogP contribution >= 0.6 is 0 Å². The van der Waals surface area contributed by atoms with Crippen molar-refractivity contribution in [3.63, 3.8) is 0 Å². The summed E-state index contributed by atoms with van der Waals surface area (Å²) in [6.45, 7) is 4.59.